The molecular weight excluding hydrogens is 459 g/mol. The standard InChI is InChI=1S/C22H17F5N6O/c1-31-18(8-19(30-31)22(25,26)27)20-13-3-4-33(10-17(13)29-32(20)2)21(34)11-5-14-15(24)6-12(23)7-16(14)28-9-11/h5-9H,3-4,10H2,1-2H3. The summed E-state index contributed by atoms with van der Waals surface area (Å²) in [5.74, 6) is -1.99. The van der Waals surface area contributed by atoms with E-state index in [0.29, 0.717) is 17.8 Å². The smallest absolute Gasteiger partial charge is 0.332 e. The van der Waals surface area contributed by atoms with Crippen LogP contribution < -0.4 is 0 Å². The first-order valence-electron chi connectivity index (χ1n) is 10.2. The molecule has 0 bridgehead atoms. The molecule has 0 radical (unpaired) electrons. The van der Waals surface area contributed by atoms with E-state index >= 15 is 0 Å². The number of aromatic nitrogens is 5. The predicted octanol–water partition coefficient (Wildman–Crippen LogP) is 3.86. The third-order valence-electron chi connectivity index (χ3n) is 5.86. The highest BCUT2D eigenvalue weighted by Gasteiger charge is 2.36. The maximum Gasteiger partial charge on any atom is 0.435 e. The summed E-state index contributed by atoms with van der Waals surface area (Å²) in [7, 11) is 3.05. The fourth-order valence-corrected chi connectivity index (χ4v) is 4.29. The summed E-state index contributed by atoms with van der Waals surface area (Å²) >= 11 is 0. The molecule has 34 heavy (non-hydrogen) atoms. The van der Waals surface area contributed by atoms with Crippen LogP contribution in [-0.4, -0.2) is 41.9 Å². The molecule has 0 fully saturated rings. The first-order valence-corrected chi connectivity index (χ1v) is 10.2. The van der Waals surface area contributed by atoms with Crippen LogP contribution in [0.2, 0.25) is 0 Å². The van der Waals surface area contributed by atoms with Crippen molar-refractivity contribution in [3.63, 3.8) is 0 Å². The lowest BCUT2D eigenvalue weighted by Crippen LogP contribution is -2.36. The van der Waals surface area contributed by atoms with Crippen LogP contribution in [0, 0.1) is 11.6 Å². The number of amides is 1. The lowest BCUT2D eigenvalue weighted by molar-refractivity contribution is -0.141. The topological polar surface area (TPSA) is 68.8 Å². The zero-order chi connectivity index (χ0) is 24.4. The maximum atomic E-state index is 14.2. The number of benzene rings is 1. The molecule has 12 heteroatoms. The zero-order valence-corrected chi connectivity index (χ0v) is 18.0. The Bertz CT molecular complexity index is 1450. The van der Waals surface area contributed by atoms with Gasteiger partial charge < -0.3 is 4.90 Å². The molecule has 0 spiro atoms. The fourth-order valence-electron chi connectivity index (χ4n) is 4.29. The summed E-state index contributed by atoms with van der Waals surface area (Å²) in [5.41, 5.74) is 1.30. The van der Waals surface area contributed by atoms with Crippen LogP contribution in [0.1, 0.15) is 27.3 Å². The summed E-state index contributed by atoms with van der Waals surface area (Å²) in [6, 6.07) is 4.11. The number of fused-ring (bicyclic) bond motifs is 2. The van der Waals surface area contributed by atoms with Crippen molar-refractivity contribution in [3.05, 3.63) is 64.6 Å². The Kier molecular flexibility index (Phi) is 4.92. The Morgan fingerprint density at radius 3 is 2.50 bits per heavy atom. The van der Waals surface area contributed by atoms with E-state index in [4.69, 9.17) is 0 Å². The van der Waals surface area contributed by atoms with Crippen molar-refractivity contribution in [3.8, 4) is 11.4 Å². The van der Waals surface area contributed by atoms with Gasteiger partial charge in [-0.3, -0.25) is 19.1 Å². The van der Waals surface area contributed by atoms with E-state index in [9.17, 15) is 26.7 Å². The highest BCUT2D eigenvalue weighted by molar-refractivity contribution is 5.97. The number of hydrogen-bond donors (Lipinski definition) is 0. The van der Waals surface area contributed by atoms with E-state index in [2.05, 4.69) is 15.2 Å². The lowest BCUT2D eigenvalue weighted by atomic mass is 10.0. The molecular formula is C22H17F5N6O. The van der Waals surface area contributed by atoms with Gasteiger partial charge in [-0.15, -0.1) is 0 Å². The van der Waals surface area contributed by atoms with Gasteiger partial charge in [-0.25, -0.2) is 8.78 Å². The molecule has 3 aromatic heterocycles. The van der Waals surface area contributed by atoms with Crippen molar-refractivity contribution >= 4 is 16.8 Å². The molecule has 1 aliphatic heterocycles. The molecule has 1 amide bonds. The van der Waals surface area contributed by atoms with E-state index in [0.717, 1.165) is 28.4 Å². The quantitative estimate of drug-likeness (QED) is 0.412. The van der Waals surface area contributed by atoms with Crippen LogP contribution in [0.25, 0.3) is 22.3 Å². The molecule has 0 aliphatic carbocycles. The highest BCUT2D eigenvalue weighted by atomic mass is 19.4. The molecule has 1 aliphatic rings. The van der Waals surface area contributed by atoms with Crippen LogP contribution in [-0.2, 0) is 33.2 Å². The number of pyridine rings is 1. The van der Waals surface area contributed by atoms with Gasteiger partial charge in [-0.1, -0.05) is 0 Å². The largest absolute Gasteiger partial charge is 0.435 e. The fraction of sp³-hybridized carbons (Fsp3) is 0.273. The number of alkyl halides is 3. The molecule has 7 nitrogen and oxygen atoms in total. The molecule has 0 N–H and O–H groups in total. The minimum absolute atomic E-state index is 0.0294. The molecule has 1 aromatic carbocycles. The van der Waals surface area contributed by atoms with Gasteiger partial charge in [0.25, 0.3) is 5.91 Å². The molecule has 0 atom stereocenters. The van der Waals surface area contributed by atoms with Gasteiger partial charge in [-0.05, 0) is 18.6 Å². The SMILES string of the molecule is Cn1nc(C(F)(F)F)cc1-c1c2c(nn1C)CN(C(=O)c1cnc3cc(F)cc(F)c3c1)CC2. The van der Waals surface area contributed by atoms with Crippen molar-refractivity contribution < 1.29 is 26.7 Å². The third-order valence-corrected chi connectivity index (χ3v) is 5.86. The van der Waals surface area contributed by atoms with Gasteiger partial charge in [-0.2, -0.15) is 23.4 Å². The van der Waals surface area contributed by atoms with Crippen molar-refractivity contribution in [2.75, 3.05) is 6.54 Å². The minimum atomic E-state index is -4.57. The zero-order valence-electron chi connectivity index (χ0n) is 18.0. The second-order valence-electron chi connectivity index (χ2n) is 8.09. The van der Waals surface area contributed by atoms with E-state index in [1.165, 1.54) is 28.9 Å². The van der Waals surface area contributed by atoms with Gasteiger partial charge in [0, 0.05) is 49.9 Å². The Morgan fingerprint density at radius 2 is 1.79 bits per heavy atom. The molecule has 176 valence electrons. The van der Waals surface area contributed by atoms with Gasteiger partial charge >= 0.3 is 6.18 Å². The third kappa shape index (κ3) is 3.58. The number of carbonyl (C=O) groups is 1. The number of aryl methyl sites for hydroxylation is 2. The molecule has 0 saturated carbocycles. The second kappa shape index (κ2) is 7.61. The molecule has 4 aromatic rings. The number of carbonyl (C=O) groups excluding carboxylic acids is 1. The maximum absolute atomic E-state index is 14.2. The summed E-state index contributed by atoms with van der Waals surface area (Å²) in [4.78, 5) is 18.6. The van der Waals surface area contributed by atoms with Gasteiger partial charge in [0.1, 0.15) is 11.6 Å². The number of hydrogen-bond acceptors (Lipinski definition) is 4. The minimum Gasteiger partial charge on any atom is -0.332 e. The summed E-state index contributed by atoms with van der Waals surface area (Å²) in [6.45, 7) is 0.397. The number of halogens is 5. The van der Waals surface area contributed by atoms with Crippen molar-refractivity contribution in [2.45, 2.75) is 19.1 Å². The van der Waals surface area contributed by atoms with E-state index in [1.807, 2.05) is 0 Å². The second-order valence-corrected chi connectivity index (χ2v) is 8.09. The Balaban J connectivity index is 1.45. The van der Waals surface area contributed by atoms with Crippen LogP contribution in [0.4, 0.5) is 22.0 Å². The first-order chi connectivity index (χ1) is 16.0. The van der Waals surface area contributed by atoms with Gasteiger partial charge in [0.05, 0.1) is 34.7 Å². The van der Waals surface area contributed by atoms with Crippen molar-refractivity contribution in [1.29, 1.82) is 0 Å². The van der Waals surface area contributed by atoms with Gasteiger partial charge in [0.2, 0.25) is 0 Å². The van der Waals surface area contributed by atoms with Crippen LogP contribution in [0.3, 0.4) is 0 Å². The monoisotopic (exact) mass is 476 g/mol. The number of rotatable bonds is 2. The lowest BCUT2D eigenvalue weighted by Gasteiger charge is -2.26. The average Bonchev–Trinajstić information content (AvgIpc) is 3.30. The normalized spacial score (nSPS) is 14.0. The summed E-state index contributed by atoms with van der Waals surface area (Å²) < 4.78 is 69.6. The van der Waals surface area contributed by atoms with E-state index in [1.54, 1.807) is 7.05 Å². The van der Waals surface area contributed by atoms with Gasteiger partial charge in [0.15, 0.2) is 5.69 Å². The molecule has 0 saturated heterocycles. The first kappa shape index (κ1) is 22.0. The van der Waals surface area contributed by atoms with Crippen molar-refractivity contribution in [1.82, 2.24) is 29.4 Å². The molecule has 0 unspecified atom stereocenters. The van der Waals surface area contributed by atoms with Crippen LogP contribution in [0.5, 0.6) is 0 Å². The number of nitrogens with zero attached hydrogens (tertiary/aromatic N) is 6. The average molecular weight is 476 g/mol. The highest BCUT2D eigenvalue weighted by Crippen LogP contribution is 2.35. The Hall–Kier alpha value is -3.83. The van der Waals surface area contributed by atoms with Crippen LogP contribution >= 0.6 is 0 Å². The summed E-state index contributed by atoms with van der Waals surface area (Å²) in [6.07, 6.45) is -2.95. The predicted molar refractivity (Wildman–Crippen MR) is 111 cm³/mol. The van der Waals surface area contributed by atoms with Crippen LogP contribution in [0.15, 0.2) is 30.5 Å². The molecule has 5 rings (SSSR count). The Morgan fingerprint density at radius 1 is 1.03 bits per heavy atom. The van der Waals surface area contributed by atoms with E-state index < -0.39 is 29.4 Å². The van der Waals surface area contributed by atoms with E-state index in [-0.39, 0.29) is 35.2 Å². The summed E-state index contributed by atoms with van der Waals surface area (Å²) in [5, 5.41) is 8.03. The Labute approximate surface area is 189 Å². The van der Waals surface area contributed by atoms with Crippen molar-refractivity contribution in [2.24, 2.45) is 14.1 Å². The molecule has 4 heterocycles.